The summed E-state index contributed by atoms with van der Waals surface area (Å²) >= 11 is 0. The zero-order valence-electron chi connectivity index (χ0n) is 13.3. The van der Waals surface area contributed by atoms with Crippen molar-refractivity contribution in [2.75, 3.05) is 20.2 Å². The first-order chi connectivity index (χ1) is 11.6. The van der Waals surface area contributed by atoms with Crippen LogP contribution in [-0.2, 0) is 14.3 Å². The number of hydrogen-bond donors (Lipinski definition) is 1. The van der Waals surface area contributed by atoms with Gasteiger partial charge < -0.3 is 24.3 Å². The minimum absolute atomic E-state index is 0.0473. The van der Waals surface area contributed by atoms with Crippen molar-refractivity contribution >= 4 is 17.7 Å². The molecule has 8 heteroatoms. The molecule has 1 aromatic rings. The molecule has 24 heavy (non-hydrogen) atoms. The van der Waals surface area contributed by atoms with Gasteiger partial charge in [-0.05, 0) is 18.6 Å². The molecule has 3 fully saturated rings. The minimum atomic E-state index is -0.636. The van der Waals surface area contributed by atoms with Crippen LogP contribution in [0.1, 0.15) is 23.4 Å². The molecule has 3 aliphatic heterocycles. The number of carbonyl (C=O) groups is 3. The van der Waals surface area contributed by atoms with E-state index in [2.05, 4.69) is 5.32 Å². The summed E-state index contributed by atoms with van der Waals surface area (Å²) in [4.78, 5) is 41.0. The number of rotatable bonds is 3. The van der Waals surface area contributed by atoms with Crippen molar-refractivity contribution in [1.29, 1.82) is 0 Å². The van der Waals surface area contributed by atoms with Gasteiger partial charge in [0, 0.05) is 26.6 Å². The van der Waals surface area contributed by atoms with Crippen LogP contribution in [0.2, 0.25) is 0 Å². The van der Waals surface area contributed by atoms with Crippen molar-refractivity contribution in [2.24, 2.45) is 0 Å². The van der Waals surface area contributed by atoms with Crippen molar-refractivity contribution in [3.63, 3.8) is 0 Å². The molecular formula is C16H19N3O5. The maximum atomic E-state index is 12.9. The van der Waals surface area contributed by atoms with Crippen LogP contribution < -0.4 is 5.32 Å². The summed E-state index contributed by atoms with van der Waals surface area (Å²) in [6, 6.07) is 1.73. The van der Waals surface area contributed by atoms with Crippen LogP contribution in [0.25, 0.3) is 0 Å². The molecule has 0 unspecified atom stereocenters. The summed E-state index contributed by atoms with van der Waals surface area (Å²) in [6.45, 7) is 0.898. The second kappa shape index (κ2) is 5.62. The van der Waals surface area contributed by atoms with E-state index in [0.29, 0.717) is 25.9 Å². The maximum absolute atomic E-state index is 12.9. The van der Waals surface area contributed by atoms with Crippen LogP contribution in [0.5, 0.6) is 0 Å². The highest BCUT2D eigenvalue weighted by Gasteiger charge is 2.55. The van der Waals surface area contributed by atoms with Crippen molar-refractivity contribution in [1.82, 2.24) is 15.1 Å². The molecule has 0 aliphatic carbocycles. The molecule has 0 radical (unpaired) electrons. The lowest BCUT2D eigenvalue weighted by atomic mass is 10.0. The fourth-order valence-electron chi connectivity index (χ4n) is 3.95. The normalized spacial score (nSPS) is 32.0. The second-order valence-electron chi connectivity index (χ2n) is 6.42. The molecule has 3 aliphatic rings. The van der Waals surface area contributed by atoms with Gasteiger partial charge in [0.25, 0.3) is 5.91 Å². The number of amides is 3. The van der Waals surface area contributed by atoms with Gasteiger partial charge >= 0.3 is 0 Å². The average molecular weight is 333 g/mol. The van der Waals surface area contributed by atoms with E-state index >= 15 is 0 Å². The SMILES string of the molecule is CO[C@@H]1C[C@H]2C(=O)N3CC[C@H](NC(=O)c4ccco4)[C@H]3C(=O)N2C1. The number of hydrogen-bond acceptors (Lipinski definition) is 5. The second-order valence-corrected chi connectivity index (χ2v) is 6.42. The van der Waals surface area contributed by atoms with Crippen LogP contribution in [0.4, 0.5) is 0 Å². The number of ether oxygens (including phenoxy) is 1. The molecule has 3 saturated heterocycles. The Morgan fingerprint density at radius 3 is 2.88 bits per heavy atom. The summed E-state index contributed by atoms with van der Waals surface area (Å²) < 4.78 is 10.4. The zero-order valence-corrected chi connectivity index (χ0v) is 13.3. The molecule has 128 valence electrons. The molecule has 4 heterocycles. The molecule has 0 saturated carbocycles. The maximum Gasteiger partial charge on any atom is 0.287 e. The van der Waals surface area contributed by atoms with Gasteiger partial charge in [0.1, 0.15) is 12.1 Å². The standard InChI is InChI=1S/C16H19N3O5/c1-23-9-7-11-15(21)18-5-4-10(13(18)16(22)19(11)8-9)17-14(20)12-3-2-6-24-12/h2-3,6,9-11,13H,4-5,7-8H2,1H3,(H,17,20)/t9-,10+,11+,13+/m1/s1. The van der Waals surface area contributed by atoms with Gasteiger partial charge in [0.05, 0.1) is 18.4 Å². The van der Waals surface area contributed by atoms with Crippen LogP contribution >= 0.6 is 0 Å². The predicted molar refractivity (Wildman–Crippen MR) is 81.0 cm³/mol. The Hall–Kier alpha value is -2.35. The van der Waals surface area contributed by atoms with Crippen LogP contribution in [0, 0.1) is 0 Å². The molecule has 3 amide bonds. The molecule has 0 aromatic carbocycles. The van der Waals surface area contributed by atoms with Crippen LogP contribution in [0.15, 0.2) is 22.8 Å². The molecule has 4 rings (SSSR count). The average Bonchev–Trinajstić information content (AvgIpc) is 3.30. The Labute approximate surface area is 138 Å². The number of piperazine rings is 1. The Balaban J connectivity index is 1.53. The van der Waals surface area contributed by atoms with Gasteiger partial charge in [0.2, 0.25) is 11.8 Å². The highest BCUT2D eigenvalue weighted by Crippen LogP contribution is 2.33. The van der Waals surface area contributed by atoms with Crippen molar-refractivity contribution < 1.29 is 23.5 Å². The molecule has 0 bridgehead atoms. The fraction of sp³-hybridized carbons (Fsp3) is 0.562. The number of nitrogens with zero attached hydrogens (tertiary/aromatic N) is 2. The van der Waals surface area contributed by atoms with Gasteiger partial charge in [-0.25, -0.2) is 0 Å². The Kier molecular flexibility index (Phi) is 3.56. The number of nitrogens with one attached hydrogen (secondary N) is 1. The smallest absolute Gasteiger partial charge is 0.287 e. The summed E-state index contributed by atoms with van der Waals surface area (Å²) in [6.07, 6.45) is 2.40. The lowest BCUT2D eigenvalue weighted by Crippen LogP contribution is -2.64. The first kappa shape index (κ1) is 15.2. The first-order valence-corrected chi connectivity index (χ1v) is 8.08. The summed E-state index contributed by atoms with van der Waals surface area (Å²) in [5, 5.41) is 2.83. The molecule has 1 aromatic heterocycles. The topological polar surface area (TPSA) is 92.1 Å². The van der Waals surface area contributed by atoms with Gasteiger partial charge in [0.15, 0.2) is 5.76 Å². The van der Waals surface area contributed by atoms with Gasteiger partial charge in [-0.1, -0.05) is 0 Å². The lowest BCUT2D eigenvalue weighted by Gasteiger charge is -2.40. The summed E-state index contributed by atoms with van der Waals surface area (Å²) in [5.74, 6) is -0.331. The van der Waals surface area contributed by atoms with E-state index in [1.807, 2.05) is 0 Å². The van der Waals surface area contributed by atoms with Gasteiger partial charge in [-0.3, -0.25) is 14.4 Å². The Bertz CT molecular complexity index is 673. The van der Waals surface area contributed by atoms with Crippen molar-refractivity contribution in [3.05, 3.63) is 24.2 Å². The van der Waals surface area contributed by atoms with E-state index in [9.17, 15) is 14.4 Å². The highest BCUT2D eigenvalue weighted by atomic mass is 16.5. The first-order valence-electron chi connectivity index (χ1n) is 8.08. The molecule has 0 spiro atoms. The lowest BCUT2D eigenvalue weighted by molar-refractivity contribution is -0.157. The van der Waals surface area contributed by atoms with Crippen molar-refractivity contribution in [3.8, 4) is 0 Å². The quantitative estimate of drug-likeness (QED) is 0.813. The Morgan fingerprint density at radius 2 is 2.17 bits per heavy atom. The third-order valence-electron chi connectivity index (χ3n) is 5.16. The van der Waals surface area contributed by atoms with E-state index in [1.54, 1.807) is 29.0 Å². The van der Waals surface area contributed by atoms with E-state index < -0.39 is 18.1 Å². The summed E-state index contributed by atoms with van der Waals surface area (Å²) in [5.41, 5.74) is 0. The van der Waals surface area contributed by atoms with E-state index in [-0.39, 0.29) is 29.6 Å². The van der Waals surface area contributed by atoms with E-state index in [0.717, 1.165) is 0 Å². The third kappa shape index (κ3) is 2.21. The third-order valence-corrected chi connectivity index (χ3v) is 5.16. The largest absolute Gasteiger partial charge is 0.459 e. The fourth-order valence-corrected chi connectivity index (χ4v) is 3.95. The van der Waals surface area contributed by atoms with E-state index in [4.69, 9.17) is 9.15 Å². The minimum Gasteiger partial charge on any atom is -0.459 e. The number of methoxy groups -OCH3 is 1. The molecule has 1 N–H and O–H groups in total. The molecular weight excluding hydrogens is 314 g/mol. The van der Waals surface area contributed by atoms with Gasteiger partial charge in [-0.15, -0.1) is 0 Å². The monoisotopic (exact) mass is 333 g/mol. The number of furan rings is 1. The van der Waals surface area contributed by atoms with Crippen molar-refractivity contribution in [2.45, 2.75) is 37.1 Å². The number of fused-ring (bicyclic) bond motifs is 2. The number of carbonyl (C=O) groups excluding carboxylic acids is 3. The highest BCUT2D eigenvalue weighted by molar-refractivity contribution is 5.99. The van der Waals surface area contributed by atoms with Crippen LogP contribution in [0.3, 0.4) is 0 Å². The van der Waals surface area contributed by atoms with E-state index in [1.165, 1.54) is 6.26 Å². The molecule has 4 atom stereocenters. The molecule has 8 nitrogen and oxygen atoms in total. The van der Waals surface area contributed by atoms with Crippen LogP contribution in [-0.4, -0.2) is 72.0 Å². The van der Waals surface area contributed by atoms with Gasteiger partial charge in [-0.2, -0.15) is 0 Å². The zero-order chi connectivity index (χ0) is 16.8. The summed E-state index contributed by atoms with van der Waals surface area (Å²) in [7, 11) is 1.59. The Morgan fingerprint density at radius 1 is 1.33 bits per heavy atom. The predicted octanol–water partition coefficient (Wildman–Crippen LogP) is -0.392.